The molecule has 98 valence electrons. The van der Waals surface area contributed by atoms with Gasteiger partial charge >= 0.3 is 0 Å². The van der Waals surface area contributed by atoms with E-state index in [4.69, 9.17) is 0 Å². The number of rotatable bonds is 4. The summed E-state index contributed by atoms with van der Waals surface area (Å²) < 4.78 is 1.84. The highest BCUT2D eigenvalue weighted by atomic mass is 16.2. The monoisotopic (exact) mass is 249 g/mol. The van der Waals surface area contributed by atoms with E-state index in [-0.39, 0.29) is 11.9 Å². The number of amides is 1. The van der Waals surface area contributed by atoms with Gasteiger partial charge in [-0.1, -0.05) is 6.92 Å². The number of nitrogens with one attached hydrogen (secondary N) is 2. The van der Waals surface area contributed by atoms with Crippen molar-refractivity contribution in [3.63, 3.8) is 0 Å². The minimum absolute atomic E-state index is 0.103. The lowest BCUT2D eigenvalue weighted by molar-refractivity contribution is -0.120. The van der Waals surface area contributed by atoms with E-state index in [1.165, 1.54) is 0 Å². The Bertz CT molecular complexity index is 463. The summed E-state index contributed by atoms with van der Waals surface area (Å²) in [5.41, 5.74) is 0.835. The van der Waals surface area contributed by atoms with Crippen molar-refractivity contribution in [1.82, 2.24) is 20.4 Å². The summed E-state index contributed by atoms with van der Waals surface area (Å²) in [6.45, 7) is 6.95. The van der Waals surface area contributed by atoms with Gasteiger partial charge in [0.25, 0.3) is 5.91 Å². The first kappa shape index (κ1) is 12.6. The van der Waals surface area contributed by atoms with Crippen molar-refractivity contribution in [1.29, 1.82) is 0 Å². The third-order valence-corrected chi connectivity index (χ3v) is 2.60. The predicted molar refractivity (Wildman–Crippen MR) is 69.1 cm³/mol. The van der Waals surface area contributed by atoms with Gasteiger partial charge in [-0.15, -0.1) is 0 Å². The summed E-state index contributed by atoms with van der Waals surface area (Å²) in [6, 6.07) is -0.234. The quantitative estimate of drug-likeness (QED) is 0.829. The van der Waals surface area contributed by atoms with Gasteiger partial charge in [0.1, 0.15) is 0 Å². The lowest BCUT2D eigenvalue weighted by Gasteiger charge is -2.07. The van der Waals surface area contributed by atoms with Crippen LogP contribution in [0.25, 0.3) is 0 Å². The van der Waals surface area contributed by atoms with Crippen LogP contribution in [0.2, 0.25) is 0 Å². The predicted octanol–water partition coefficient (Wildman–Crippen LogP) is 0.818. The second-order valence-electron chi connectivity index (χ2n) is 4.71. The van der Waals surface area contributed by atoms with Gasteiger partial charge in [0, 0.05) is 24.3 Å². The Balaban J connectivity index is 2.11. The van der Waals surface area contributed by atoms with Gasteiger partial charge in [-0.2, -0.15) is 5.10 Å². The minimum atomic E-state index is -0.475. The molecule has 1 unspecified atom stereocenters. The smallest absolute Gasteiger partial charge is 0.256 e. The number of aryl methyl sites for hydroxylation is 1. The van der Waals surface area contributed by atoms with Crippen LogP contribution in [-0.4, -0.2) is 27.7 Å². The van der Waals surface area contributed by atoms with Crippen molar-refractivity contribution in [3.05, 3.63) is 18.0 Å². The maximum absolute atomic E-state index is 11.8. The molecule has 2 rings (SSSR count). The summed E-state index contributed by atoms with van der Waals surface area (Å²) in [7, 11) is 0. The number of hydrogen-bond donors (Lipinski definition) is 2. The normalized spacial score (nSPS) is 19.0. The largest absolute Gasteiger partial charge is 0.354 e. The molecule has 1 aliphatic heterocycles. The number of carbonyl (C=O) groups excluding carboxylic acids is 1. The first-order valence-electron chi connectivity index (χ1n) is 6.27. The summed E-state index contributed by atoms with van der Waals surface area (Å²) in [4.78, 5) is 16.2. The van der Waals surface area contributed by atoms with E-state index in [1.807, 2.05) is 24.7 Å². The van der Waals surface area contributed by atoms with Crippen LogP contribution < -0.4 is 10.6 Å². The second-order valence-corrected chi connectivity index (χ2v) is 4.71. The molecule has 0 spiro atoms. The molecule has 2 N–H and O–H groups in total. The van der Waals surface area contributed by atoms with Crippen molar-refractivity contribution in [2.75, 3.05) is 0 Å². The molecule has 0 saturated heterocycles. The molecular formula is C12H19N5O. The summed E-state index contributed by atoms with van der Waals surface area (Å²) in [5, 5.41) is 10.1. The van der Waals surface area contributed by atoms with Gasteiger partial charge in [-0.3, -0.25) is 14.8 Å². The Labute approximate surface area is 106 Å². The summed E-state index contributed by atoms with van der Waals surface area (Å²) in [5.74, 6) is 0.442. The minimum Gasteiger partial charge on any atom is -0.354 e. The Morgan fingerprint density at radius 3 is 3.00 bits per heavy atom. The molecule has 1 aliphatic rings. The number of aliphatic imine (C=N–C) groups is 1. The zero-order valence-corrected chi connectivity index (χ0v) is 11.0. The van der Waals surface area contributed by atoms with Crippen molar-refractivity contribution < 1.29 is 4.79 Å². The SMILES string of the molecule is CCCn1cc(C2N=C(NC(C)C)NC2=O)cn1. The van der Waals surface area contributed by atoms with Gasteiger partial charge in [0.15, 0.2) is 12.0 Å². The molecule has 1 aromatic heterocycles. The Hall–Kier alpha value is -1.85. The van der Waals surface area contributed by atoms with E-state index >= 15 is 0 Å². The molecule has 18 heavy (non-hydrogen) atoms. The van der Waals surface area contributed by atoms with Crippen LogP contribution in [0.1, 0.15) is 38.8 Å². The third kappa shape index (κ3) is 2.69. The zero-order valence-electron chi connectivity index (χ0n) is 11.0. The fraction of sp³-hybridized carbons (Fsp3) is 0.583. The number of nitrogens with zero attached hydrogens (tertiary/aromatic N) is 3. The average molecular weight is 249 g/mol. The van der Waals surface area contributed by atoms with E-state index in [0.717, 1.165) is 18.5 Å². The van der Waals surface area contributed by atoms with Gasteiger partial charge < -0.3 is 5.32 Å². The molecule has 6 heteroatoms. The fourth-order valence-electron chi connectivity index (χ4n) is 1.85. The van der Waals surface area contributed by atoms with Crippen molar-refractivity contribution in [2.45, 2.75) is 45.8 Å². The third-order valence-electron chi connectivity index (χ3n) is 2.60. The molecule has 0 fully saturated rings. The standard InChI is InChI=1S/C12H19N5O/c1-4-5-17-7-9(6-13-17)10-11(18)16-12(15-10)14-8(2)3/h6-8,10H,4-5H2,1-3H3,(H2,14,15,16,18). The zero-order chi connectivity index (χ0) is 13.1. The Morgan fingerprint density at radius 2 is 2.33 bits per heavy atom. The maximum Gasteiger partial charge on any atom is 0.256 e. The lowest BCUT2D eigenvalue weighted by Crippen LogP contribution is -2.40. The second kappa shape index (κ2) is 5.20. The highest BCUT2D eigenvalue weighted by molar-refractivity contribution is 6.05. The Kier molecular flexibility index (Phi) is 3.64. The van der Waals surface area contributed by atoms with Crippen LogP contribution in [0, 0.1) is 0 Å². The number of hydrogen-bond acceptors (Lipinski definition) is 4. The first-order valence-corrected chi connectivity index (χ1v) is 6.27. The molecule has 1 atom stereocenters. The molecule has 0 aliphatic carbocycles. The van der Waals surface area contributed by atoms with Crippen LogP contribution in [0.5, 0.6) is 0 Å². The van der Waals surface area contributed by atoms with Crippen molar-refractivity contribution in [2.24, 2.45) is 4.99 Å². The number of carbonyl (C=O) groups is 1. The molecule has 0 aromatic carbocycles. The fourth-order valence-corrected chi connectivity index (χ4v) is 1.85. The van der Waals surface area contributed by atoms with E-state index in [2.05, 4.69) is 27.6 Å². The van der Waals surface area contributed by atoms with Gasteiger partial charge in [-0.25, -0.2) is 4.99 Å². The van der Waals surface area contributed by atoms with E-state index in [9.17, 15) is 4.79 Å². The van der Waals surface area contributed by atoms with E-state index in [1.54, 1.807) is 6.20 Å². The molecule has 0 bridgehead atoms. The van der Waals surface area contributed by atoms with Gasteiger partial charge in [0.2, 0.25) is 0 Å². The highest BCUT2D eigenvalue weighted by Crippen LogP contribution is 2.20. The van der Waals surface area contributed by atoms with Crippen molar-refractivity contribution >= 4 is 11.9 Å². The highest BCUT2D eigenvalue weighted by Gasteiger charge is 2.29. The number of aromatic nitrogens is 2. The lowest BCUT2D eigenvalue weighted by atomic mass is 10.2. The number of guanidine groups is 1. The van der Waals surface area contributed by atoms with E-state index < -0.39 is 6.04 Å². The van der Waals surface area contributed by atoms with Crippen LogP contribution in [0.3, 0.4) is 0 Å². The van der Waals surface area contributed by atoms with Gasteiger partial charge in [0.05, 0.1) is 6.20 Å². The van der Waals surface area contributed by atoms with Crippen LogP contribution >= 0.6 is 0 Å². The van der Waals surface area contributed by atoms with Crippen LogP contribution in [-0.2, 0) is 11.3 Å². The molecule has 1 aromatic rings. The molecule has 0 radical (unpaired) electrons. The Morgan fingerprint density at radius 1 is 1.56 bits per heavy atom. The molecular weight excluding hydrogens is 230 g/mol. The summed E-state index contributed by atoms with van der Waals surface area (Å²) in [6.07, 6.45) is 4.61. The molecule has 1 amide bonds. The van der Waals surface area contributed by atoms with Gasteiger partial charge in [-0.05, 0) is 20.3 Å². The van der Waals surface area contributed by atoms with Crippen LogP contribution in [0.4, 0.5) is 0 Å². The molecule has 6 nitrogen and oxygen atoms in total. The van der Waals surface area contributed by atoms with E-state index in [0.29, 0.717) is 5.96 Å². The maximum atomic E-state index is 11.8. The molecule has 2 heterocycles. The summed E-state index contributed by atoms with van der Waals surface area (Å²) >= 11 is 0. The average Bonchev–Trinajstić information content (AvgIpc) is 2.85. The topological polar surface area (TPSA) is 71.3 Å². The first-order chi connectivity index (χ1) is 8.60. The molecule has 0 saturated carbocycles. The van der Waals surface area contributed by atoms with Crippen molar-refractivity contribution in [3.8, 4) is 0 Å². The van der Waals surface area contributed by atoms with Crippen LogP contribution in [0.15, 0.2) is 17.4 Å².